The smallest absolute Gasteiger partial charge is 0.296 e. The lowest BCUT2D eigenvalue weighted by atomic mass is 10.2. The molecule has 0 spiro atoms. The third kappa shape index (κ3) is 4.11. The van der Waals surface area contributed by atoms with E-state index in [2.05, 4.69) is 22.2 Å². The maximum atomic E-state index is 11.6. The number of hydrogen-bond acceptors (Lipinski definition) is 5. The molecule has 0 bridgehead atoms. The number of methoxy groups -OCH3 is 1. The second-order valence-corrected chi connectivity index (χ2v) is 5.64. The maximum Gasteiger partial charge on any atom is 0.296 e. The molecule has 1 amide bonds. The molecule has 0 aliphatic heterocycles. The summed E-state index contributed by atoms with van der Waals surface area (Å²) in [6, 6.07) is -0.0877. The maximum absolute atomic E-state index is 11.6. The molecule has 126 valence electrons. The lowest BCUT2D eigenvalue weighted by Crippen LogP contribution is -2.27. The minimum absolute atomic E-state index is 0.0210. The molecule has 8 heteroatoms. The first-order valence-corrected chi connectivity index (χ1v) is 7.94. The Bertz CT molecular complexity index is 687. The highest BCUT2D eigenvalue weighted by Crippen LogP contribution is 2.28. The number of aryl methyl sites for hydroxylation is 1. The van der Waals surface area contributed by atoms with Gasteiger partial charge in [0.25, 0.3) is 6.01 Å². The lowest BCUT2D eigenvalue weighted by Gasteiger charge is -2.11. The third-order valence-electron chi connectivity index (χ3n) is 3.53. The molecule has 2 aromatic heterocycles. The van der Waals surface area contributed by atoms with E-state index in [-0.39, 0.29) is 25.1 Å². The van der Waals surface area contributed by atoms with Crippen LogP contribution in [0, 0.1) is 0 Å². The fourth-order valence-corrected chi connectivity index (χ4v) is 2.60. The van der Waals surface area contributed by atoms with E-state index < -0.39 is 0 Å². The van der Waals surface area contributed by atoms with Crippen LogP contribution in [-0.4, -0.2) is 39.3 Å². The molecule has 0 saturated heterocycles. The second-order valence-electron chi connectivity index (χ2n) is 5.24. The molecule has 0 atom stereocenters. The van der Waals surface area contributed by atoms with Crippen molar-refractivity contribution in [2.24, 2.45) is 0 Å². The van der Waals surface area contributed by atoms with E-state index in [1.165, 1.54) is 13.3 Å². The van der Waals surface area contributed by atoms with E-state index in [4.69, 9.17) is 16.3 Å². The van der Waals surface area contributed by atoms with Crippen LogP contribution < -0.4 is 5.32 Å². The van der Waals surface area contributed by atoms with E-state index in [1.807, 2.05) is 0 Å². The third-order valence-corrected chi connectivity index (χ3v) is 3.85. The first-order valence-electron chi connectivity index (χ1n) is 7.56. The van der Waals surface area contributed by atoms with Crippen LogP contribution >= 0.6 is 11.6 Å². The topological polar surface area (TPSA) is 89.3 Å². The Labute approximate surface area is 139 Å². The number of aromatic hydroxyl groups is 1. The zero-order valence-electron chi connectivity index (χ0n) is 13.3. The molecule has 7 nitrogen and oxygen atoms in total. The fourth-order valence-electron chi connectivity index (χ4n) is 2.39. The highest BCUT2D eigenvalue weighted by atomic mass is 35.5. The van der Waals surface area contributed by atoms with Crippen LogP contribution in [0.3, 0.4) is 0 Å². The Balaban J connectivity index is 2.33. The minimum Gasteiger partial charge on any atom is -0.480 e. The number of carbonyl (C=O) groups excluding carboxylic acids is 1. The average molecular weight is 341 g/mol. The van der Waals surface area contributed by atoms with Gasteiger partial charge in [-0.2, -0.15) is 4.98 Å². The number of unbranched alkanes of at least 4 members (excludes halogenated alkanes) is 2. The van der Waals surface area contributed by atoms with Crippen molar-refractivity contribution >= 4 is 28.7 Å². The number of aromatic nitrogens is 3. The molecule has 2 heterocycles. The monoisotopic (exact) mass is 340 g/mol. The van der Waals surface area contributed by atoms with Gasteiger partial charge in [0.15, 0.2) is 5.65 Å². The van der Waals surface area contributed by atoms with Crippen molar-refractivity contribution in [1.29, 1.82) is 0 Å². The summed E-state index contributed by atoms with van der Waals surface area (Å²) in [7, 11) is 1.46. The molecule has 2 rings (SSSR count). The highest BCUT2D eigenvalue weighted by molar-refractivity contribution is 6.32. The SMILES string of the molecule is CCCCCn1c(O)nc2ncc(Cl)c(CNC(=O)COC)c21. The van der Waals surface area contributed by atoms with Crippen LogP contribution in [0.1, 0.15) is 31.7 Å². The Morgan fingerprint density at radius 2 is 2.26 bits per heavy atom. The van der Waals surface area contributed by atoms with Gasteiger partial charge < -0.3 is 15.2 Å². The van der Waals surface area contributed by atoms with Crippen molar-refractivity contribution < 1.29 is 14.6 Å². The predicted molar refractivity (Wildman–Crippen MR) is 87.5 cm³/mol. The number of hydrogen-bond donors (Lipinski definition) is 2. The average Bonchev–Trinajstić information content (AvgIpc) is 2.83. The molecular weight excluding hydrogens is 320 g/mol. The normalized spacial score (nSPS) is 11.1. The summed E-state index contributed by atoms with van der Waals surface area (Å²) >= 11 is 6.24. The summed E-state index contributed by atoms with van der Waals surface area (Å²) in [5.74, 6) is -0.241. The second kappa shape index (κ2) is 8.12. The van der Waals surface area contributed by atoms with E-state index in [0.29, 0.717) is 28.3 Å². The zero-order chi connectivity index (χ0) is 16.8. The molecule has 0 fully saturated rings. The number of imidazole rings is 1. The van der Waals surface area contributed by atoms with Crippen LogP contribution in [0.5, 0.6) is 6.01 Å². The summed E-state index contributed by atoms with van der Waals surface area (Å²) in [5, 5.41) is 13.2. The van der Waals surface area contributed by atoms with Crippen LogP contribution in [-0.2, 0) is 22.6 Å². The predicted octanol–water partition coefficient (Wildman–Crippen LogP) is 2.24. The van der Waals surface area contributed by atoms with Gasteiger partial charge in [0.1, 0.15) is 6.61 Å². The van der Waals surface area contributed by atoms with Crippen LogP contribution in [0.25, 0.3) is 11.2 Å². The van der Waals surface area contributed by atoms with Crippen LogP contribution in [0.4, 0.5) is 0 Å². The zero-order valence-corrected chi connectivity index (χ0v) is 14.1. The van der Waals surface area contributed by atoms with Gasteiger partial charge in [-0.05, 0) is 6.42 Å². The van der Waals surface area contributed by atoms with E-state index in [1.54, 1.807) is 4.57 Å². The van der Waals surface area contributed by atoms with Gasteiger partial charge in [-0.3, -0.25) is 9.36 Å². The van der Waals surface area contributed by atoms with Crippen molar-refractivity contribution in [1.82, 2.24) is 19.9 Å². The summed E-state index contributed by atoms with van der Waals surface area (Å²) < 4.78 is 6.48. The molecule has 0 aliphatic rings. The summed E-state index contributed by atoms with van der Waals surface area (Å²) in [6.45, 7) is 2.93. The van der Waals surface area contributed by atoms with E-state index in [0.717, 1.165) is 19.3 Å². The first kappa shape index (κ1) is 17.5. The molecule has 0 aliphatic carbocycles. The van der Waals surface area contributed by atoms with Gasteiger partial charge in [0.2, 0.25) is 5.91 Å². The van der Waals surface area contributed by atoms with Crippen molar-refractivity contribution in [3.63, 3.8) is 0 Å². The van der Waals surface area contributed by atoms with Gasteiger partial charge in [0.05, 0.1) is 10.5 Å². The first-order chi connectivity index (χ1) is 11.1. The number of pyridine rings is 1. The lowest BCUT2D eigenvalue weighted by molar-refractivity contribution is -0.124. The highest BCUT2D eigenvalue weighted by Gasteiger charge is 2.17. The van der Waals surface area contributed by atoms with Crippen LogP contribution in [0.15, 0.2) is 6.20 Å². The summed E-state index contributed by atoms with van der Waals surface area (Å²) in [5.41, 5.74) is 1.76. The molecule has 0 radical (unpaired) electrons. The largest absolute Gasteiger partial charge is 0.480 e. The molecule has 2 aromatic rings. The number of halogens is 1. The molecule has 2 N–H and O–H groups in total. The van der Waals surface area contributed by atoms with Crippen molar-refractivity contribution in [3.05, 3.63) is 16.8 Å². The Hall–Kier alpha value is -1.86. The quantitative estimate of drug-likeness (QED) is 0.719. The van der Waals surface area contributed by atoms with Gasteiger partial charge in [-0.15, -0.1) is 0 Å². The summed E-state index contributed by atoms with van der Waals surface area (Å²) in [6.07, 6.45) is 4.52. The number of amides is 1. The van der Waals surface area contributed by atoms with E-state index in [9.17, 15) is 9.90 Å². The minimum atomic E-state index is -0.241. The van der Waals surface area contributed by atoms with Crippen molar-refractivity contribution in [2.45, 2.75) is 39.3 Å². The number of fused-ring (bicyclic) bond motifs is 1. The van der Waals surface area contributed by atoms with Gasteiger partial charge >= 0.3 is 0 Å². The number of carbonyl (C=O) groups is 1. The molecule has 23 heavy (non-hydrogen) atoms. The number of rotatable bonds is 8. The number of ether oxygens (including phenoxy) is 1. The Kier molecular flexibility index (Phi) is 6.18. The fraction of sp³-hybridized carbons (Fsp3) is 0.533. The molecule has 0 aromatic carbocycles. The standard InChI is InChI=1S/C15H21ClN4O3/c1-3-4-5-6-20-13-10(7-17-12(21)9-23-2)11(16)8-18-14(13)19-15(20)22/h8H,3-7,9H2,1-2H3,(H,17,21)(H,18,19,22). The molecule has 0 saturated carbocycles. The Morgan fingerprint density at radius 3 is 2.96 bits per heavy atom. The van der Waals surface area contributed by atoms with Gasteiger partial charge in [0, 0.05) is 32.0 Å². The van der Waals surface area contributed by atoms with Crippen molar-refractivity contribution in [3.8, 4) is 6.01 Å². The van der Waals surface area contributed by atoms with Crippen LogP contribution in [0.2, 0.25) is 5.02 Å². The Morgan fingerprint density at radius 1 is 1.48 bits per heavy atom. The van der Waals surface area contributed by atoms with Crippen molar-refractivity contribution in [2.75, 3.05) is 13.7 Å². The molecule has 0 unspecified atom stereocenters. The van der Waals surface area contributed by atoms with Gasteiger partial charge in [-0.1, -0.05) is 31.4 Å². The molecular formula is C15H21ClN4O3. The number of nitrogens with zero attached hydrogens (tertiary/aromatic N) is 3. The van der Waals surface area contributed by atoms with E-state index >= 15 is 0 Å². The summed E-state index contributed by atoms with van der Waals surface area (Å²) in [4.78, 5) is 19.8. The number of nitrogens with one attached hydrogen (secondary N) is 1. The van der Waals surface area contributed by atoms with Gasteiger partial charge in [-0.25, -0.2) is 4.98 Å².